The van der Waals surface area contributed by atoms with Crippen molar-refractivity contribution in [3.05, 3.63) is 46.7 Å². The van der Waals surface area contributed by atoms with Crippen LogP contribution in [0.4, 0.5) is 13.2 Å². The summed E-state index contributed by atoms with van der Waals surface area (Å²) in [5.74, 6) is -1.58. The number of hydrogen-bond acceptors (Lipinski definition) is 4. The van der Waals surface area contributed by atoms with Gasteiger partial charge in [0.05, 0.1) is 0 Å². The van der Waals surface area contributed by atoms with Crippen molar-refractivity contribution < 1.29 is 27.8 Å². The maximum absolute atomic E-state index is 12.5. The Labute approximate surface area is 121 Å². The van der Waals surface area contributed by atoms with Crippen LogP contribution in [0.5, 0.6) is 11.8 Å². The summed E-state index contributed by atoms with van der Waals surface area (Å²) < 4.78 is 42.6. The highest BCUT2D eigenvalue weighted by Crippen LogP contribution is 2.30. The van der Waals surface area contributed by atoms with Crippen molar-refractivity contribution in [2.24, 2.45) is 0 Å². The average molecular weight is 319 g/mol. The Bertz CT molecular complexity index is 692. The Morgan fingerprint density at radius 1 is 1.29 bits per heavy atom. The van der Waals surface area contributed by atoms with E-state index < -0.39 is 23.8 Å². The summed E-state index contributed by atoms with van der Waals surface area (Å²) in [5, 5.41) is 9.13. The highest BCUT2D eigenvalue weighted by molar-refractivity contribution is 6.30. The van der Waals surface area contributed by atoms with E-state index >= 15 is 0 Å². The van der Waals surface area contributed by atoms with E-state index in [1.54, 1.807) is 0 Å². The van der Waals surface area contributed by atoms with Crippen LogP contribution in [0.25, 0.3) is 0 Å². The van der Waals surface area contributed by atoms with Gasteiger partial charge in [0.25, 0.3) is 0 Å². The van der Waals surface area contributed by atoms with Crippen LogP contribution in [0, 0.1) is 0 Å². The maximum Gasteiger partial charge on any atom is 0.433 e. The molecule has 1 heterocycles. The van der Waals surface area contributed by atoms with Crippen molar-refractivity contribution in [1.29, 1.82) is 0 Å². The molecule has 2 rings (SSSR count). The molecule has 1 aromatic heterocycles. The zero-order valence-electron chi connectivity index (χ0n) is 10.1. The van der Waals surface area contributed by atoms with Crippen molar-refractivity contribution in [3.8, 4) is 11.8 Å². The van der Waals surface area contributed by atoms with E-state index in [9.17, 15) is 18.0 Å². The topological polar surface area (TPSA) is 72.3 Å². The van der Waals surface area contributed by atoms with Crippen molar-refractivity contribution >= 4 is 17.6 Å². The maximum atomic E-state index is 12.5. The third-order valence-electron chi connectivity index (χ3n) is 2.30. The fourth-order valence-corrected chi connectivity index (χ4v) is 1.57. The van der Waals surface area contributed by atoms with Gasteiger partial charge in [-0.2, -0.15) is 18.2 Å². The van der Waals surface area contributed by atoms with Crippen LogP contribution in [-0.4, -0.2) is 21.0 Å². The zero-order chi connectivity index (χ0) is 15.6. The first-order valence-electron chi connectivity index (χ1n) is 5.38. The van der Waals surface area contributed by atoms with Gasteiger partial charge < -0.3 is 9.84 Å². The first kappa shape index (κ1) is 15.0. The lowest BCUT2D eigenvalue weighted by Crippen LogP contribution is -2.09. The van der Waals surface area contributed by atoms with E-state index in [4.69, 9.17) is 21.4 Å². The quantitative estimate of drug-likeness (QED) is 0.935. The summed E-state index contributed by atoms with van der Waals surface area (Å²) in [4.78, 5) is 17.7. The van der Waals surface area contributed by atoms with Crippen LogP contribution >= 0.6 is 11.6 Å². The molecule has 1 aromatic carbocycles. The van der Waals surface area contributed by atoms with Gasteiger partial charge in [-0.25, -0.2) is 9.78 Å². The average Bonchev–Trinajstić information content (AvgIpc) is 2.37. The second-order valence-electron chi connectivity index (χ2n) is 3.77. The number of carbonyl (C=O) groups is 1. The van der Waals surface area contributed by atoms with Crippen molar-refractivity contribution in [2.75, 3.05) is 0 Å². The molecule has 5 nitrogen and oxygen atoms in total. The Balaban J connectivity index is 2.39. The Hall–Kier alpha value is -2.35. The largest absolute Gasteiger partial charge is 0.478 e. The van der Waals surface area contributed by atoms with Crippen LogP contribution in [0.15, 0.2) is 30.5 Å². The molecule has 0 saturated heterocycles. The minimum absolute atomic E-state index is 0.155. The molecule has 0 atom stereocenters. The molecular formula is C12H6ClF3N2O3. The van der Waals surface area contributed by atoms with Crippen molar-refractivity contribution in [3.63, 3.8) is 0 Å². The van der Waals surface area contributed by atoms with Crippen molar-refractivity contribution in [2.45, 2.75) is 6.18 Å². The predicted molar refractivity (Wildman–Crippen MR) is 65.5 cm³/mol. The van der Waals surface area contributed by atoms with Crippen LogP contribution in [-0.2, 0) is 6.18 Å². The first-order valence-corrected chi connectivity index (χ1v) is 5.76. The van der Waals surface area contributed by atoms with Crippen LogP contribution in [0.1, 0.15) is 16.1 Å². The third kappa shape index (κ3) is 3.60. The molecule has 21 heavy (non-hydrogen) atoms. The lowest BCUT2D eigenvalue weighted by molar-refractivity contribution is -0.141. The number of alkyl halides is 3. The lowest BCUT2D eigenvalue weighted by atomic mass is 10.2. The van der Waals surface area contributed by atoms with E-state index in [1.165, 1.54) is 6.07 Å². The first-order chi connectivity index (χ1) is 9.77. The van der Waals surface area contributed by atoms with E-state index in [0.29, 0.717) is 6.07 Å². The third-order valence-corrected chi connectivity index (χ3v) is 2.53. The number of hydrogen-bond donors (Lipinski definition) is 1. The molecule has 0 aliphatic rings. The monoisotopic (exact) mass is 318 g/mol. The molecule has 0 aliphatic heterocycles. The second-order valence-corrected chi connectivity index (χ2v) is 4.21. The van der Waals surface area contributed by atoms with Crippen LogP contribution in [0.2, 0.25) is 5.02 Å². The summed E-state index contributed by atoms with van der Waals surface area (Å²) in [6.07, 6.45) is -3.80. The predicted octanol–water partition coefficient (Wildman–Crippen LogP) is 3.64. The number of rotatable bonds is 3. The number of benzene rings is 1. The second kappa shape index (κ2) is 5.57. The van der Waals surface area contributed by atoms with E-state index in [-0.39, 0.29) is 16.3 Å². The highest BCUT2D eigenvalue weighted by atomic mass is 35.5. The van der Waals surface area contributed by atoms with Crippen molar-refractivity contribution in [1.82, 2.24) is 9.97 Å². The van der Waals surface area contributed by atoms with Crippen LogP contribution in [0.3, 0.4) is 0 Å². The fraction of sp³-hybridized carbons (Fsp3) is 0.0833. The Morgan fingerprint density at radius 2 is 2.00 bits per heavy atom. The van der Waals surface area contributed by atoms with E-state index in [0.717, 1.165) is 18.3 Å². The molecule has 0 aliphatic carbocycles. The summed E-state index contributed by atoms with van der Waals surface area (Å²) in [6.45, 7) is 0. The van der Waals surface area contributed by atoms with Gasteiger partial charge in [-0.05, 0) is 18.2 Å². The molecule has 1 N–H and O–H groups in total. The molecule has 0 unspecified atom stereocenters. The molecule has 0 radical (unpaired) electrons. The minimum Gasteiger partial charge on any atom is -0.478 e. The molecule has 0 bridgehead atoms. The molecule has 0 spiro atoms. The highest BCUT2D eigenvalue weighted by Gasteiger charge is 2.33. The smallest absolute Gasteiger partial charge is 0.433 e. The summed E-state index contributed by atoms with van der Waals surface area (Å²) in [7, 11) is 0. The molecule has 9 heteroatoms. The Kier molecular flexibility index (Phi) is 3.99. The number of carboxylic acids is 1. The Morgan fingerprint density at radius 3 is 2.62 bits per heavy atom. The lowest BCUT2D eigenvalue weighted by Gasteiger charge is -2.09. The molecule has 0 amide bonds. The van der Waals surface area contributed by atoms with Crippen LogP contribution < -0.4 is 4.74 Å². The number of aromatic carboxylic acids is 1. The zero-order valence-corrected chi connectivity index (χ0v) is 10.8. The number of aromatic nitrogens is 2. The molecule has 0 fully saturated rings. The van der Waals surface area contributed by atoms with E-state index in [2.05, 4.69) is 9.97 Å². The summed E-state index contributed by atoms with van der Waals surface area (Å²) in [5.41, 5.74) is -1.48. The number of ether oxygens (including phenoxy) is 1. The number of nitrogens with zero attached hydrogens (tertiary/aromatic N) is 2. The minimum atomic E-state index is -4.66. The van der Waals surface area contributed by atoms with Gasteiger partial charge >= 0.3 is 18.2 Å². The molecule has 2 aromatic rings. The van der Waals surface area contributed by atoms with Gasteiger partial charge in [0, 0.05) is 17.3 Å². The standard InChI is InChI=1S/C12H6ClF3N2O3/c13-6-1-2-7(10(19)20)8(5-6)21-11-17-4-3-9(18-11)12(14,15)16/h1-5H,(H,19,20). The van der Waals surface area contributed by atoms with Gasteiger partial charge in [-0.3, -0.25) is 0 Å². The van der Waals surface area contributed by atoms with E-state index in [1.807, 2.05) is 0 Å². The summed E-state index contributed by atoms with van der Waals surface area (Å²) in [6, 6.07) is 3.66. The molecular weight excluding hydrogens is 313 g/mol. The summed E-state index contributed by atoms with van der Waals surface area (Å²) >= 11 is 5.70. The van der Waals surface area contributed by atoms with Gasteiger partial charge in [0.1, 0.15) is 11.3 Å². The van der Waals surface area contributed by atoms with Gasteiger partial charge in [-0.15, -0.1) is 0 Å². The number of halogens is 4. The SMILES string of the molecule is O=C(O)c1ccc(Cl)cc1Oc1nccc(C(F)(F)F)n1. The normalized spacial score (nSPS) is 11.2. The number of carboxylic acid groups (broad SMARTS) is 1. The van der Waals surface area contributed by atoms with Gasteiger partial charge in [-0.1, -0.05) is 11.6 Å². The molecule has 0 saturated carbocycles. The molecule has 110 valence electrons. The fourth-order valence-electron chi connectivity index (χ4n) is 1.40. The van der Waals surface area contributed by atoms with Gasteiger partial charge in [0.15, 0.2) is 5.69 Å². The van der Waals surface area contributed by atoms with Gasteiger partial charge in [0.2, 0.25) is 0 Å².